The lowest BCUT2D eigenvalue weighted by Crippen LogP contribution is -2.24. The van der Waals surface area contributed by atoms with Crippen LogP contribution in [0, 0.1) is 0 Å². The summed E-state index contributed by atoms with van der Waals surface area (Å²) in [5.41, 5.74) is -0.971. The van der Waals surface area contributed by atoms with Gasteiger partial charge in [-0.25, -0.2) is 15.0 Å². The third kappa shape index (κ3) is 5.47. The van der Waals surface area contributed by atoms with Gasteiger partial charge in [-0.1, -0.05) is 17.7 Å². The molecule has 0 aliphatic heterocycles. The molecule has 0 saturated heterocycles. The number of benzene rings is 1. The molecule has 2 amide bonds. The second kappa shape index (κ2) is 9.27. The molecule has 0 unspecified atom stereocenters. The number of halogens is 4. The molecule has 3 aromatic rings. The number of amides is 2. The molecule has 3 rings (SSSR count). The first kappa shape index (κ1) is 22.4. The van der Waals surface area contributed by atoms with Gasteiger partial charge in [-0.05, 0) is 18.2 Å². The first-order valence-electron chi connectivity index (χ1n) is 8.45. The van der Waals surface area contributed by atoms with Gasteiger partial charge in [0.1, 0.15) is 21.2 Å². The Morgan fingerprint density at radius 1 is 1.19 bits per heavy atom. The number of nitrogens with one attached hydrogen (secondary N) is 2. The Balaban J connectivity index is 1.63. The average Bonchev–Trinajstić information content (AvgIpc) is 3.21. The van der Waals surface area contributed by atoms with Gasteiger partial charge in [0.2, 0.25) is 5.88 Å². The van der Waals surface area contributed by atoms with E-state index in [-0.39, 0.29) is 33.7 Å². The number of methoxy groups -OCH3 is 1. The third-order valence-corrected chi connectivity index (χ3v) is 5.13. The van der Waals surface area contributed by atoms with Gasteiger partial charge >= 0.3 is 6.18 Å². The van der Waals surface area contributed by atoms with E-state index in [0.29, 0.717) is 5.01 Å². The first-order chi connectivity index (χ1) is 14.7. The standard InChI is InChI=1S/C18H13ClF3N5O3S/c1-30-17-13(19)14(25-8-26-17)16(29)24-7-12-23-6-11(31-12)15(28)27-10-4-2-3-9(5-10)18(20,21)22/h2-6,8H,7H2,1H3,(H,24,29)(H,27,28). The molecular weight excluding hydrogens is 459 g/mol. The smallest absolute Gasteiger partial charge is 0.416 e. The van der Waals surface area contributed by atoms with Crippen LogP contribution in [0.5, 0.6) is 5.88 Å². The van der Waals surface area contributed by atoms with Crippen molar-refractivity contribution in [1.82, 2.24) is 20.3 Å². The van der Waals surface area contributed by atoms with Crippen molar-refractivity contribution in [2.45, 2.75) is 12.7 Å². The predicted molar refractivity (Wildman–Crippen MR) is 106 cm³/mol. The molecule has 2 aromatic heterocycles. The molecule has 0 aliphatic carbocycles. The molecule has 8 nitrogen and oxygen atoms in total. The van der Waals surface area contributed by atoms with Crippen LogP contribution in [-0.4, -0.2) is 33.9 Å². The maximum absolute atomic E-state index is 12.8. The minimum absolute atomic E-state index is 0.00423. The number of anilines is 1. The fraction of sp³-hybridized carbons (Fsp3) is 0.167. The second-order valence-electron chi connectivity index (χ2n) is 5.88. The SMILES string of the molecule is COc1ncnc(C(=O)NCc2ncc(C(=O)Nc3cccc(C(F)(F)F)c3)s2)c1Cl. The number of hydrogen-bond donors (Lipinski definition) is 2. The topological polar surface area (TPSA) is 106 Å². The minimum Gasteiger partial charge on any atom is -0.480 e. The Hall–Kier alpha value is -3.25. The number of nitrogens with zero attached hydrogens (tertiary/aromatic N) is 3. The first-order valence-corrected chi connectivity index (χ1v) is 9.64. The van der Waals surface area contributed by atoms with Crippen molar-refractivity contribution in [3.05, 3.63) is 63.0 Å². The van der Waals surface area contributed by atoms with Crippen LogP contribution in [0.3, 0.4) is 0 Å². The van der Waals surface area contributed by atoms with E-state index in [1.54, 1.807) is 0 Å². The Labute approximate surface area is 182 Å². The molecule has 0 aliphatic rings. The van der Waals surface area contributed by atoms with Crippen LogP contribution in [0.15, 0.2) is 36.8 Å². The third-order valence-electron chi connectivity index (χ3n) is 3.79. The second-order valence-corrected chi connectivity index (χ2v) is 7.37. The summed E-state index contributed by atoms with van der Waals surface area (Å²) in [5, 5.41) is 5.28. The van der Waals surface area contributed by atoms with Crippen LogP contribution >= 0.6 is 22.9 Å². The Kier molecular flexibility index (Phi) is 6.71. The highest BCUT2D eigenvalue weighted by Crippen LogP contribution is 2.31. The lowest BCUT2D eigenvalue weighted by Gasteiger charge is -2.09. The van der Waals surface area contributed by atoms with E-state index in [9.17, 15) is 22.8 Å². The largest absolute Gasteiger partial charge is 0.480 e. The molecule has 2 heterocycles. The van der Waals surface area contributed by atoms with Crippen molar-refractivity contribution in [1.29, 1.82) is 0 Å². The molecule has 0 fully saturated rings. The van der Waals surface area contributed by atoms with E-state index >= 15 is 0 Å². The summed E-state index contributed by atoms with van der Waals surface area (Å²) < 4.78 is 43.3. The monoisotopic (exact) mass is 471 g/mol. The number of thiazole rings is 1. The van der Waals surface area contributed by atoms with Crippen LogP contribution in [0.4, 0.5) is 18.9 Å². The van der Waals surface area contributed by atoms with Crippen LogP contribution in [0.1, 0.15) is 30.7 Å². The van der Waals surface area contributed by atoms with Gasteiger partial charge in [-0.15, -0.1) is 11.3 Å². The highest BCUT2D eigenvalue weighted by atomic mass is 35.5. The van der Waals surface area contributed by atoms with Gasteiger partial charge in [0.15, 0.2) is 5.69 Å². The summed E-state index contributed by atoms with van der Waals surface area (Å²) in [6.07, 6.45) is -2.14. The van der Waals surface area contributed by atoms with Gasteiger partial charge in [0.05, 0.1) is 25.4 Å². The molecule has 0 radical (unpaired) electrons. The summed E-state index contributed by atoms with van der Waals surface area (Å²) in [4.78, 5) is 36.3. The molecule has 162 valence electrons. The van der Waals surface area contributed by atoms with E-state index in [2.05, 4.69) is 25.6 Å². The van der Waals surface area contributed by atoms with Gasteiger partial charge in [0, 0.05) is 5.69 Å². The maximum atomic E-state index is 12.8. The molecule has 0 atom stereocenters. The molecule has 31 heavy (non-hydrogen) atoms. The normalized spacial score (nSPS) is 11.1. The lowest BCUT2D eigenvalue weighted by atomic mass is 10.2. The fourth-order valence-electron chi connectivity index (χ4n) is 2.36. The maximum Gasteiger partial charge on any atom is 0.416 e. The summed E-state index contributed by atoms with van der Waals surface area (Å²) >= 11 is 6.97. The van der Waals surface area contributed by atoms with E-state index in [4.69, 9.17) is 16.3 Å². The summed E-state index contributed by atoms with van der Waals surface area (Å²) in [6.45, 7) is -0.0248. The summed E-state index contributed by atoms with van der Waals surface area (Å²) in [7, 11) is 1.34. The zero-order chi connectivity index (χ0) is 22.6. The minimum atomic E-state index is -4.52. The lowest BCUT2D eigenvalue weighted by molar-refractivity contribution is -0.137. The predicted octanol–water partition coefficient (Wildman–Crippen LogP) is 3.80. The molecular formula is C18H13ClF3N5O3S. The highest BCUT2D eigenvalue weighted by molar-refractivity contribution is 7.13. The van der Waals surface area contributed by atoms with Gasteiger partial charge in [0.25, 0.3) is 11.8 Å². The Bertz CT molecular complexity index is 1120. The van der Waals surface area contributed by atoms with Crippen LogP contribution in [-0.2, 0) is 12.7 Å². The van der Waals surface area contributed by atoms with Crippen molar-refractivity contribution in [3.8, 4) is 5.88 Å². The summed E-state index contributed by atoms with van der Waals surface area (Å²) in [5.74, 6) is -1.18. The number of hydrogen-bond acceptors (Lipinski definition) is 7. The van der Waals surface area contributed by atoms with Crippen molar-refractivity contribution in [3.63, 3.8) is 0 Å². The van der Waals surface area contributed by atoms with E-state index in [1.165, 1.54) is 25.4 Å². The van der Waals surface area contributed by atoms with E-state index in [0.717, 1.165) is 29.8 Å². The molecule has 2 N–H and O–H groups in total. The van der Waals surface area contributed by atoms with E-state index in [1.807, 2.05) is 0 Å². The molecule has 0 saturated carbocycles. The van der Waals surface area contributed by atoms with Crippen molar-refractivity contribution in [2.24, 2.45) is 0 Å². The van der Waals surface area contributed by atoms with Crippen molar-refractivity contribution in [2.75, 3.05) is 12.4 Å². The molecule has 0 spiro atoms. The average molecular weight is 472 g/mol. The number of ether oxygens (including phenoxy) is 1. The Morgan fingerprint density at radius 3 is 2.68 bits per heavy atom. The van der Waals surface area contributed by atoms with Gasteiger partial charge in [-0.3, -0.25) is 9.59 Å². The number of rotatable bonds is 6. The van der Waals surface area contributed by atoms with E-state index < -0.39 is 23.6 Å². The van der Waals surface area contributed by atoms with Crippen LogP contribution < -0.4 is 15.4 Å². The molecule has 1 aromatic carbocycles. The van der Waals surface area contributed by atoms with Gasteiger partial charge in [-0.2, -0.15) is 13.2 Å². The van der Waals surface area contributed by atoms with Crippen molar-refractivity contribution >= 4 is 40.4 Å². The number of carbonyl (C=O) groups excluding carboxylic acids is 2. The van der Waals surface area contributed by atoms with Gasteiger partial charge < -0.3 is 15.4 Å². The summed E-state index contributed by atoms with van der Waals surface area (Å²) in [6, 6.07) is 4.27. The fourth-order valence-corrected chi connectivity index (χ4v) is 3.37. The zero-order valence-corrected chi connectivity index (χ0v) is 17.2. The number of aromatic nitrogens is 3. The number of carbonyl (C=O) groups is 2. The van der Waals surface area contributed by atoms with Crippen molar-refractivity contribution < 1.29 is 27.5 Å². The molecule has 0 bridgehead atoms. The zero-order valence-electron chi connectivity index (χ0n) is 15.7. The quantitative estimate of drug-likeness (QED) is 0.566. The Morgan fingerprint density at radius 2 is 1.97 bits per heavy atom. The highest BCUT2D eigenvalue weighted by Gasteiger charge is 2.30. The molecule has 13 heteroatoms. The van der Waals surface area contributed by atoms with Crippen LogP contribution in [0.25, 0.3) is 0 Å². The van der Waals surface area contributed by atoms with Crippen LogP contribution in [0.2, 0.25) is 5.02 Å². The number of alkyl halides is 3.